The first-order valence-corrected chi connectivity index (χ1v) is 9.86. The second-order valence-corrected chi connectivity index (χ2v) is 8.23. The van der Waals surface area contributed by atoms with E-state index in [0.29, 0.717) is 18.8 Å². The number of nitrogens with zero attached hydrogens (tertiary/aromatic N) is 2. The average molecular weight is 360 g/mol. The Labute approximate surface area is 149 Å². The maximum absolute atomic E-state index is 13.0. The molecule has 0 unspecified atom stereocenters. The standard InChI is InChI=1S/C19H24N2O3S/c1-16-8-9-19(18(14-16)24-2)25(22,23)21-12-10-20(11-13-21)15-17-6-4-3-5-7-17/h3-9,14H,10-13,15H2,1-2H3. The van der Waals surface area contributed by atoms with Crippen LogP contribution in [-0.2, 0) is 16.6 Å². The molecule has 0 amide bonds. The lowest BCUT2D eigenvalue weighted by Crippen LogP contribution is -2.48. The van der Waals surface area contributed by atoms with E-state index in [-0.39, 0.29) is 4.90 Å². The van der Waals surface area contributed by atoms with Gasteiger partial charge in [-0.1, -0.05) is 36.4 Å². The van der Waals surface area contributed by atoms with Gasteiger partial charge in [0.25, 0.3) is 0 Å². The Balaban J connectivity index is 1.69. The van der Waals surface area contributed by atoms with Crippen LogP contribution in [0.25, 0.3) is 0 Å². The monoisotopic (exact) mass is 360 g/mol. The van der Waals surface area contributed by atoms with Crippen LogP contribution in [-0.4, -0.2) is 50.9 Å². The summed E-state index contributed by atoms with van der Waals surface area (Å²) in [5, 5.41) is 0. The number of hydrogen-bond acceptors (Lipinski definition) is 4. The zero-order valence-electron chi connectivity index (χ0n) is 14.7. The molecule has 134 valence electrons. The highest BCUT2D eigenvalue weighted by Gasteiger charge is 2.30. The molecule has 0 spiro atoms. The van der Waals surface area contributed by atoms with Gasteiger partial charge in [0.05, 0.1) is 7.11 Å². The molecule has 0 bridgehead atoms. The van der Waals surface area contributed by atoms with Crippen molar-refractivity contribution in [1.29, 1.82) is 0 Å². The van der Waals surface area contributed by atoms with Gasteiger partial charge in [0.15, 0.2) is 0 Å². The van der Waals surface area contributed by atoms with Crippen LogP contribution >= 0.6 is 0 Å². The summed E-state index contributed by atoms with van der Waals surface area (Å²) in [6.45, 7) is 5.20. The minimum absolute atomic E-state index is 0.247. The van der Waals surface area contributed by atoms with Gasteiger partial charge in [-0.25, -0.2) is 8.42 Å². The van der Waals surface area contributed by atoms with Crippen molar-refractivity contribution < 1.29 is 13.2 Å². The number of methoxy groups -OCH3 is 1. The van der Waals surface area contributed by atoms with Crippen LogP contribution in [0.2, 0.25) is 0 Å². The first-order chi connectivity index (χ1) is 12.0. The Morgan fingerprint density at radius 1 is 1.00 bits per heavy atom. The third kappa shape index (κ3) is 4.03. The van der Waals surface area contributed by atoms with E-state index in [9.17, 15) is 8.42 Å². The summed E-state index contributed by atoms with van der Waals surface area (Å²) in [5.41, 5.74) is 2.22. The summed E-state index contributed by atoms with van der Waals surface area (Å²) in [6.07, 6.45) is 0. The second-order valence-electron chi connectivity index (χ2n) is 6.32. The maximum atomic E-state index is 13.0. The van der Waals surface area contributed by atoms with E-state index >= 15 is 0 Å². The fraction of sp³-hybridized carbons (Fsp3) is 0.368. The summed E-state index contributed by atoms with van der Waals surface area (Å²) in [5.74, 6) is 0.409. The number of rotatable bonds is 5. The molecule has 2 aromatic carbocycles. The van der Waals surface area contributed by atoms with Crippen LogP contribution in [0.15, 0.2) is 53.4 Å². The van der Waals surface area contributed by atoms with E-state index in [1.165, 1.54) is 12.7 Å². The van der Waals surface area contributed by atoms with Gasteiger partial charge in [-0.2, -0.15) is 4.31 Å². The number of ether oxygens (including phenoxy) is 1. The van der Waals surface area contributed by atoms with Crippen LogP contribution in [0.1, 0.15) is 11.1 Å². The lowest BCUT2D eigenvalue weighted by molar-refractivity contribution is 0.181. The predicted molar refractivity (Wildman–Crippen MR) is 98.2 cm³/mol. The van der Waals surface area contributed by atoms with Gasteiger partial charge in [0.2, 0.25) is 10.0 Å². The minimum atomic E-state index is -3.54. The van der Waals surface area contributed by atoms with Gasteiger partial charge in [0.1, 0.15) is 10.6 Å². The van der Waals surface area contributed by atoms with Crippen molar-refractivity contribution in [2.24, 2.45) is 0 Å². The Morgan fingerprint density at radius 2 is 1.68 bits per heavy atom. The van der Waals surface area contributed by atoms with Crippen molar-refractivity contribution in [2.75, 3.05) is 33.3 Å². The highest BCUT2D eigenvalue weighted by atomic mass is 32.2. The third-order valence-corrected chi connectivity index (χ3v) is 6.46. The molecular formula is C19H24N2O3S. The highest BCUT2D eigenvalue weighted by molar-refractivity contribution is 7.89. The van der Waals surface area contributed by atoms with Gasteiger partial charge in [-0.15, -0.1) is 0 Å². The van der Waals surface area contributed by atoms with Gasteiger partial charge < -0.3 is 4.74 Å². The van der Waals surface area contributed by atoms with Crippen LogP contribution in [0.3, 0.4) is 0 Å². The van der Waals surface area contributed by atoms with Crippen molar-refractivity contribution in [2.45, 2.75) is 18.4 Å². The number of benzene rings is 2. The molecule has 25 heavy (non-hydrogen) atoms. The second kappa shape index (κ2) is 7.56. The molecule has 0 saturated carbocycles. The summed E-state index contributed by atoms with van der Waals surface area (Å²) in [6, 6.07) is 15.5. The molecule has 5 nitrogen and oxygen atoms in total. The Bertz CT molecular complexity index is 814. The first kappa shape index (κ1) is 17.9. The molecule has 0 radical (unpaired) electrons. The van der Waals surface area contributed by atoms with Crippen molar-refractivity contribution in [3.05, 3.63) is 59.7 Å². The van der Waals surface area contributed by atoms with Crippen molar-refractivity contribution >= 4 is 10.0 Å². The maximum Gasteiger partial charge on any atom is 0.246 e. The summed E-state index contributed by atoms with van der Waals surface area (Å²) < 4.78 is 32.8. The Hall–Kier alpha value is -1.89. The largest absolute Gasteiger partial charge is 0.495 e. The van der Waals surface area contributed by atoms with Crippen molar-refractivity contribution in [1.82, 2.24) is 9.21 Å². The van der Waals surface area contributed by atoms with E-state index in [1.54, 1.807) is 22.5 Å². The molecule has 0 atom stereocenters. The first-order valence-electron chi connectivity index (χ1n) is 8.42. The molecule has 1 heterocycles. The number of aryl methyl sites for hydroxylation is 1. The van der Waals surface area contributed by atoms with Crippen molar-refractivity contribution in [3.8, 4) is 5.75 Å². The van der Waals surface area contributed by atoms with E-state index in [4.69, 9.17) is 4.74 Å². The van der Waals surface area contributed by atoms with Gasteiger partial charge in [0, 0.05) is 32.7 Å². The fourth-order valence-corrected chi connectivity index (χ4v) is 4.66. The van der Waals surface area contributed by atoms with E-state index in [2.05, 4.69) is 17.0 Å². The Morgan fingerprint density at radius 3 is 2.32 bits per heavy atom. The average Bonchev–Trinajstić information content (AvgIpc) is 2.62. The zero-order chi connectivity index (χ0) is 17.9. The lowest BCUT2D eigenvalue weighted by Gasteiger charge is -2.34. The molecule has 6 heteroatoms. The number of hydrogen-bond donors (Lipinski definition) is 0. The summed E-state index contributed by atoms with van der Waals surface area (Å²) in [7, 11) is -2.03. The molecule has 1 aliphatic heterocycles. The molecule has 0 N–H and O–H groups in total. The topological polar surface area (TPSA) is 49.9 Å². The molecule has 0 aromatic heterocycles. The molecule has 3 rings (SSSR count). The molecule has 2 aromatic rings. The summed E-state index contributed by atoms with van der Waals surface area (Å²) in [4.78, 5) is 2.53. The molecule has 0 aliphatic carbocycles. The molecule has 1 aliphatic rings. The predicted octanol–water partition coefficient (Wildman–Crippen LogP) is 2.51. The SMILES string of the molecule is COc1cc(C)ccc1S(=O)(=O)N1CCN(Cc2ccccc2)CC1. The molecule has 1 saturated heterocycles. The van der Waals surface area contributed by atoms with Crippen LogP contribution in [0.4, 0.5) is 0 Å². The summed E-state index contributed by atoms with van der Waals surface area (Å²) >= 11 is 0. The van der Waals surface area contributed by atoms with Crippen molar-refractivity contribution in [3.63, 3.8) is 0 Å². The zero-order valence-corrected chi connectivity index (χ0v) is 15.5. The van der Waals surface area contributed by atoms with E-state index in [1.807, 2.05) is 25.1 Å². The van der Waals surface area contributed by atoms with Crippen LogP contribution < -0.4 is 4.74 Å². The molecular weight excluding hydrogens is 336 g/mol. The number of sulfonamides is 1. The molecule has 1 fully saturated rings. The lowest BCUT2D eigenvalue weighted by atomic mass is 10.2. The quantitative estimate of drug-likeness (QED) is 0.822. The fourth-order valence-electron chi connectivity index (χ4n) is 3.10. The van der Waals surface area contributed by atoms with Crippen LogP contribution in [0, 0.1) is 6.92 Å². The highest BCUT2D eigenvalue weighted by Crippen LogP contribution is 2.28. The van der Waals surface area contributed by atoms with Crippen LogP contribution in [0.5, 0.6) is 5.75 Å². The normalized spacial score (nSPS) is 16.7. The van der Waals surface area contributed by atoms with E-state index < -0.39 is 10.0 Å². The minimum Gasteiger partial charge on any atom is -0.495 e. The number of piperazine rings is 1. The Kier molecular flexibility index (Phi) is 5.42. The van der Waals surface area contributed by atoms with Gasteiger partial charge >= 0.3 is 0 Å². The van der Waals surface area contributed by atoms with Gasteiger partial charge in [-0.05, 0) is 30.2 Å². The smallest absolute Gasteiger partial charge is 0.246 e. The third-order valence-electron chi connectivity index (χ3n) is 4.52. The van der Waals surface area contributed by atoms with Gasteiger partial charge in [-0.3, -0.25) is 4.90 Å². The van der Waals surface area contributed by atoms with E-state index in [0.717, 1.165) is 25.2 Å².